The van der Waals surface area contributed by atoms with E-state index in [0.717, 1.165) is 4.90 Å². The van der Waals surface area contributed by atoms with Gasteiger partial charge >= 0.3 is 5.97 Å². The minimum absolute atomic E-state index is 0.0848. The molecule has 2 rings (SSSR count). The molecule has 0 atom stereocenters. The molecular formula is C13H12FN3O2S. The Labute approximate surface area is 119 Å². The van der Waals surface area contributed by atoms with Gasteiger partial charge in [0.05, 0.1) is 12.9 Å². The third kappa shape index (κ3) is 3.45. The SMILES string of the molecule is COC(=O)c1cnc(CSc2ccc(F)cc2)nc1N. The number of benzene rings is 1. The molecule has 7 heteroatoms. The van der Waals surface area contributed by atoms with Crippen LogP contribution in [0.5, 0.6) is 0 Å². The third-order valence-corrected chi connectivity index (χ3v) is 3.46. The number of methoxy groups -OCH3 is 1. The topological polar surface area (TPSA) is 78.1 Å². The normalized spacial score (nSPS) is 10.3. The molecular weight excluding hydrogens is 281 g/mol. The summed E-state index contributed by atoms with van der Waals surface area (Å²) in [6.45, 7) is 0. The number of nitrogen functional groups attached to an aromatic ring is 1. The molecule has 0 saturated carbocycles. The van der Waals surface area contributed by atoms with Crippen LogP contribution in [0.3, 0.4) is 0 Å². The van der Waals surface area contributed by atoms with Crippen molar-refractivity contribution in [3.8, 4) is 0 Å². The number of carbonyl (C=O) groups is 1. The molecule has 0 aliphatic carbocycles. The van der Waals surface area contributed by atoms with Crippen LogP contribution in [0, 0.1) is 5.82 Å². The van der Waals surface area contributed by atoms with E-state index in [0.29, 0.717) is 11.6 Å². The van der Waals surface area contributed by atoms with E-state index < -0.39 is 5.97 Å². The van der Waals surface area contributed by atoms with Gasteiger partial charge < -0.3 is 10.5 Å². The molecule has 0 amide bonds. The number of nitrogens with zero attached hydrogens (tertiary/aromatic N) is 2. The van der Waals surface area contributed by atoms with Crippen molar-refractivity contribution in [2.24, 2.45) is 0 Å². The van der Waals surface area contributed by atoms with Crippen molar-refractivity contribution in [3.63, 3.8) is 0 Å². The maximum absolute atomic E-state index is 12.8. The van der Waals surface area contributed by atoms with Gasteiger partial charge in [0.2, 0.25) is 0 Å². The largest absolute Gasteiger partial charge is 0.465 e. The summed E-state index contributed by atoms with van der Waals surface area (Å²) in [7, 11) is 1.26. The van der Waals surface area contributed by atoms with Crippen LogP contribution in [0.15, 0.2) is 35.4 Å². The number of hydrogen-bond acceptors (Lipinski definition) is 6. The van der Waals surface area contributed by atoms with Gasteiger partial charge in [-0.3, -0.25) is 0 Å². The lowest BCUT2D eigenvalue weighted by atomic mass is 10.3. The second kappa shape index (κ2) is 6.33. The van der Waals surface area contributed by atoms with Crippen LogP contribution in [0.4, 0.5) is 10.2 Å². The number of thioether (sulfide) groups is 1. The van der Waals surface area contributed by atoms with Crippen molar-refractivity contribution in [2.75, 3.05) is 12.8 Å². The first-order valence-corrected chi connectivity index (χ1v) is 6.67. The molecule has 104 valence electrons. The Kier molecular flexibility index (Phi) is 4.52. The summed E-state index contributed by atoms with van der Waals surface area (Å²) in [5.41, 5.74) is 5.82. The molecule has 0 bridgehead atoms. The Morgan fingerprint density at radius 3 is 2.70 bits per heavy atom. The van der Waals surface area contributed by atoms with Gasteiger partial charge in [0, 0.05) is 11.1 Å². The van der Waals surface area contributed by atoms with Crippen LogP contribution in [-0.4, -0.2) is 23.0 Å². The molecule has 2 aromatic rings. The van der Waals surface area contributed by atoms with Gasteiger partial charge in [-0.15, -0.1) is 11.8 Å². The Balaban J connectivity index is 2.05. The van der Waals surface area contributed by atoms with Gasteiger partial charge in [0.15, 0.2) is 0 Å². The lowest BCUT2D eigenvalue weighted by molar-refractivity contribution is 0.0601. The number of carbonyl (C=O) groups excluding carboxylic acids is 1. The number of hydrogen-bond donors (Lipinski definition) is 1. The predicted octanol–water partition coefficient (Wildman–Crippen LogP) is 2.28. The molecule has 1 heterocycles. The number of halogens is 1. The van der Waals surface area contributed by atoms with Crippen molar-refractivity contribution < 1.29 is 13.9 Å². The van der Waals surface area contributed by atoms with Crippen LogP contribution in [-0.2, 0) is 10.5 Å². The lowest BCUT2D eigenvalue weighted by Gasteiger charge is -2.05. The quantitative estimate of drug-likeness (QED) is 0.688. The average Bonchev–Trinajstić information content (AvgIpc) is 2.46. The zero-order chi connectivity index (χ0) is 14.5. The molecule has 1 aromatic carbocycles. The monoisotopic (exact) mass is 293 g/mol. The number of esters is 1. The molecule has 0 saturated heterocycles. The highest BCUT2D eigenvalue weighted by Crippen LogP contribution is 2.22. The second-order valence-corrected chi connectivity index (χ2v) is 4.87. The predicted molar refractivity (Wildman–Crippen MR) is 73.7 cm³/mol. The van der Waals surface area contributed by atoms with E-state index in [-0.39, 0.29) is 17.2 Å². The van der Waals surface area contributed by atoms with E-state index in [1.807, 2.05) is 0 Å². The van der Waals surface area contributed by atoms with Gasteiger partial charge in [-0.05, 0) is 24.3 Å². The summed E-state index contributed by atoms with van der Waals surface area (Å²) < 4.78 is 17.3. The number of anilines is 1. The summed E-state index contributed by atoms with van der Waals surface area (Å²) >= 11 is 1.45. The van der Waals surface area contributed by atoms with Crippen molar-refractivity contribution in [2.45, 2.75) is 10.6 Å². The molecule has 2 N–H and O–H groups in total. The van der Waals surface area contributed by atoms with E-state index in [1.54, 1.807) is 12.1 Å². The van der Waals surface area contributed by atoms with Gasteiger partial charge in [-0.2, -0.15) is 0 Å². The molecule has 0 radical (unpaired) electrons. The third-order valence-electron chi connectivity index (χ3n) is 2.46. The van der Waals surface area contributed by atoms with E-state index in [4.69, 9.17) is 5.73 Å². The van der Waals surface area contributed by atoms with Gasteiger partial charge in [-0.1, -0.05) is 0 Å². The standard InChI is InChI=1S/C13H12FN3O2S/c1-19-13(18)10-6-16-11(17-12(10)15)7-20-9-4-2-8(14)3-5-9/h2-6H,7H2,1H3,(H2,15,16,17). The maximum atomic E-state index is 12.8. The average molecular weight is 293 g/mol. The fourth-order valence-corrected chi connectivity index (χ4v) is 2.21. The van der Waals surface area contributed by atoms with Gasteiger partial charge in [0.1, 0.15) is 23.0 Å². The minimum atomic E-state index is -0.569. The lowest BCUT2D eigenvalue weighted by Crippen LogP contribution is -2.09. The number of ether oxygens (including phenoxy) is 1. The van der Waals surface area contributed by atoms with Crippen LogP contribution >= 0.6 is 11.8 Å². The number of aromatic nitrogens is 2. The highest BCUT2D eigenvalue weighted by Gasteiger charge is 2.12. The first-order valence-electron chi connectivity index (χ1n) is 5.68. The number of nitrogens with two attached hydrogens (primary N) is 1. The molecule has 0 spiro atoms. The summed E-state index contributed by atoms with van der Waals surface area (Å²) in [6, 6.07) is 6.12. The summed E-state index contributed by atoms with van der Waals surface area (Å²) in [4.78, 5) is 20.3. The zero-order valence-corrected chi connectivity index (χ0v) is 11.5. The highest BCUT2D eigenvalue weighted by molar-refractivity contribution is 7.98. The van der Waals surface area contributed by atoms with Gasteiger partial charge in [0.25, 0.3) is 0 Å². The van der Waals surface area contributed by atoms with Crippen molar-refractivity contribution in [3.05, 3.63) is 47.7 Å². The van der Waals surface area contributed by atoms with Gasteiger partial charge in [-0.25, -0.2) is 19.2 Å². The van der Waals surface area contributed by atoms with Crippen LogP contribution in [0.2, 0.25) is 0 Å². The smallest absolute Gasteiger partial charge is 0.343 e. The summed E-state index contributed by atoms with van der Waals surface area (Å²) in [5, 5.41) is 0. The second-order valence-electron chi connectivity index (χ2n) is 3.82. The fraction of sp³-hybridized carbons (Fsp3) is 0.154. The fourth-order valence-electron chi connectivity index (χ4n) is 1.45. The molecule has 0 aliphatic rings. The van der Waals surface area contributed by atoms with Crippen LogP contribution in [0.1, 0.15) is 16.2 Å². The molecule has 0 aliphatic heterocycles. The minimum Gasteiger partial charge on any atom is -0.465 e. The van der Waals surface area contributed by atoms with Crippen molar-refractivity contribution >= 4 is 23.5 Å². The van der Waals surface area contributed by atoms with Crippen LogP contribution < -0.4 is 5.73 Å². The first kappa shape index (κ1) is 14.3. The van der Waals surface area contributed by atoms with E-state index >= 15 is 0 Å². The summed E-state index contributed by atoms with van der Waals surface area (Å²) in [5.74, 6) is 0.195. The first-order chi connectivity index (χ1) is 9.60. The van der Waals surface area contributed by atoms with E-state index in [2.05, 4.69) is 14.7 Å². The summed E-state index contributed by atoms with van der Waals surface area (Å²) in [6.07, 6.45) is 1.34. The van der Waals surface area contributed by atoms with E-state index in [1.165, 1.54) is 37.2 Å². The Bertz CT molecular complexity index is 620. The number of rotatable bonds is 4. The molecule has 5 nitrogen and oxygen atoms in total. The molecule has 1 aromatic heterocycles. The Hall–Kier alpha value is -2.15. The maximum Gasteiger partial charge on any atom is 0.343 e. The van der Waals surface area contributed by atoms with E-state index in [9.17, 15) is 9.18 Å². The Morgan fingerprint density at radius 1 is 1.40 bits per heavy atom. The molecule has 0 fully saturated rings. The Morgan fingerprint density at radius 2 is 2.10 bits per heavy atom. The van der Waals surface area contributed by atoms with Crippen molar-refractivity contribution in [1.29, 1.82) is 0 Å². The zero-order valence-electron chi connectivity index (χ0n) is 10.7. The molecule has 20 heavy (non-hydrogen) atoms. The van der Waals surface area contributed by atoms with Crippen molar-refractivity contribution in [1.82, 2.24) is 9.97 Å². The highest BCUT2D eigenvalue weighted by atomic mass is 32.2. The van der Waals surface area contributed by atoms with Crippen LogP contribution in [0.25, 0.3) is 0 Å². The molecule has 0 unspecified atom stereocenters.